The number of carbonyl (C=O) groups is 1. The zero-order chi connectivity index (χ0) is 15.7. The van der Waals surface area contributed by atoms with E-state index in [1.165, 1.54) is 6.92 Å². The maximum atomic E-state index is 13.0. The molecule has 1 aromatic rings. The molecular weight excluding hydrogens is 307 g/mol. The van der Waals surface area contributed by atoms with E-state index in [0.29, 0.717) is 12.2 Å². The Labute approximate surface area is 123 Å². The van der Waals surface area contributed by atoms with Crippen LogP contribution in [0.5, 0.6) is 0 Å². The molecular formula is C12H16F3N3O2S. The minimum Gasteiger partial charge on any atom is -0.387 e. The summed E-state index contributed by atoms with van der Waals surface area (Å²) in [4.78, 5) is 12.0. The van der Waals surface area contributed by atoms with Crippen LogP contribution >= 0.6 is 11.8 Å². The molecule has 1 aromatic heterocycles. The van der Waals surface area contributed by atoms with Crippen LogP contribution in [0.15, 0.2) is 6.20 Å². The molecule has 1 aliphatic heterocycles. The van der Waals surface area contributed by atoms with Crippen LogP contribution in [0.4, 0.5) is 13.2 Å². The average Bonchev–Trinajstić information content (AvgIpc) is 3.01. The van der Waals surface area contributed by atoms with Crippen molar-refractivity contribution >= 4 is 17.7 Å². The summed E-state index contributed by atoms with van der Waals surface area (Å²) in [7, 11) is 0. The molecule has 0 radical (unpaired) electrons. The van der Waals surface area contributed by atoms with Gasteiger partial charge in [0.2, 0.25) is 0 Å². The molecule has 0 aromatic carbocycles. The normalized spacial score (nSPS) is 22.5. The summed E-state index contributed by atoms with van der Waals surface area (Å²) in [6, 6.07) is 0. The molecule has 2 N–H and O–H groups in total. The lowest BCUT2D eigenvalue weighted by Gasteiger charge is -2.21. The molecule has 0 aliphatic carbocycles. The number of halogens is 3. The van der Waals surface area contributed by atoms with E-state index >= 15 is 0 Å². The van der Waals surface area contributed by atoms with Gasteiger partial charge in [0.1, 0.15) is 0 Å². The van der Waals surface area contributed by atoms with Crippen LogP contribution in [0.2, 0.25) is 0 Å². The molecule has 0 spiro atoms. The molecule has 1 saturated heterocycles. The van der Waals surface area contributed by atoms with E-state index in [1.54, 1.807) is 11.8 Å². The number of aromatic nitrogens is 2. The van der Waals surface area contributed by atoms with Crippen molar-refractivity contribution < 1.29 is 23.1 Å². The number of thioether (sulfide) groups is 1. The highest BCUT2D eigenvalue weighted by atomic mass is 32.2. The topological polar surface area (TPSA) is 67.2 Å². The molecule has 1 aliphatic rings. The van der Waals surface area contributed by atoms with Gasteiger partial charge in [-0.3, -0.25) is 9.48 Å². The predicted octanol–water partition coefficient (Wildman–Crippen LogP) is 1.52. The predicted molar refractivity (Wildman–Crippen MR) is 72.1 cm³/mol. The van der Waals surface area contributed by atoms with Crippen molar-refractivity contribution in [1.29, 1.82) is 0 Å². The maximum absolute atomic E-state index is 13.0. The smallest absolute Gasteiger partial charge is 0.387 e. The number of hydrogen-bond donors (Lipinski definition) is 2. The van der Waals surface area contributed by atoms with E-state index in [2.05, 4.69) is 10.4 Å². The highest BCUT2D eigenvalue weighted by Gasteiger charge is 2.40. The Kier molecular flexibility index (Phi) is 4.52. The number of rotatable bonds is 4. The molecule has 1 atom stereocenters. The molecule has 5 nitrogen and oxygen atoms in total. The number of hydrogen-bond acceptors (Lipinski definition) is 4. The summed E-state index contributed by atoms with van der Waals surface area (Å²) in [6.45, 7) is 1.47. The lowest BCUT2D eigenvalue weighted by atomic mass is 10.0. The Morgan fingerprint density at radius 2 is 2.33 bits per heavy atom. The van der Waals surface area contributed by atoms with Crippen molar-refractivity contribution in [2.45, 2.75) is 31.7 Å². The van der Waals surface area contributed by atoms with Crippen LogP contribution in [0.1, 0.15) is 29.4 Å². The quantitative estimate of drug-likeness (QED) is 0.882. The lowest BCUT2D eigenvalue weighted by molar-refractivity contribution is -0.144. The van der Waals surface area contributed by atoms with Crippen LogP contribution in [-0.2, 0) is 12.7 Å². The van der Waals surface area contributed by atoms with Crippen molar-refractivity contribution in [3.8, 4) is 0 Å². The summed E-state index contributed by atoms with van der Waals surface area (Å²) < 4.78 is 39.8. The lowest BCUT2D eigenvalue weighted by Crippen LogP contribution is -2.43. The standard InChI is InChI=1S/C12H16F3N3O2S/c1-2-18-9(12(13,14)15)8(5-17-18)10(19)16-6-11(20)3-4-21-7-11/h5,20H,2-4,6-7H2,1H3,(H,16,19). The Morgan fingerprint density at radius 1 is 1.62 bits per heavy atom. The van der Waals surface area contributed by atoms with Gasteiger partial charge >= 0.3 is 6.18 Å². The van der Waals surface area contributed by atoms with E-state index in [4.69, 9.17) is 0 Å². The first-order valence-corrected chi connectivity index (χ1v) is 7.63. The van der Waals surface area contributed by atoms with E-state index in [-0.39, 0.29) is 13.1 Å². The third-order valence-corrected chi connectivity index (χ3v) is 4.55. The number of alkyl halides is 3. The van der Waals surface area contributed by atoms with Gasteiger partial charge < -0.3 is 10.4 Å². The Bertz CT molecular complexity index is 524. The first kappa shape index (κ1) is 16.2. The van der Waals surface area contributed by atoms with Crippen LogP contribution in [-0.4, -0.2) is 44.4 Å². The number of aliphatic hydroxyl groups is 1. The molecule has 2 rings (SSSR count). The third kappa shape index (κ3) is 3.52. The van der Waals surface area contributed by atoms with E-state index < -0.39 is 28.9 Å². The van der Waals surface area contributed by atoms with Gasteiger partial charge in [-0.15, -0.1) is 0 Å². The highest BCUT2D eigenvalue weighted by molar-refractivity contribution is 7.99. The van der Waals surface area contributed by atoms with Gasteiger partial charge in [0.25, 0.3) is 5.91 Å². The highest BCUT2D eigenvalue weighted by Crippen LogP contribution is 2.32. The van der Waals surface area contributed by atoms with E-state index in [9.17, 15) is 23.1 Å². The zero-order valence-electron chi connectivity index (χ0n) is 11.4. The van der Waals surface area contributed by atoms with Gasteiger partial charge in [0.15, 0.2) is 5.69 Å². The molecule has 1 fully saturated rings. The summed E-state index contributed by atoms with van der Waals surface area (Å²) >= 11 is 1.55. The Balaban J connectivity index is 2.14. The van der Waals surface area contributed by atoms with Crippen LogP contribution < -0.4 is 5.32 Å². The van der Waals surface area contributed by atoms with Crippen molar-refractivity contribution in [2.75, 3.05) is 18.1 Å². The SMILES string of the molecule is CCn1ncc(C(=O)NCC2(O)CCSC2)c1C(F)(F)F. The summed E-state index contributed by atoms with van der Waals surface area (Å²) in [5.41, 5.74) is -2.62. The summed E-state index contributed by atoms with van der Waals surface area (Å²) in [5.74, 6) is 0.369. The number of aryl methyl sites for hydroxylation is 1. The number of nitrogens with zero attached hydrogens (tertiary/aromatic N) is 2. The third-order valence-electron chi connectivity index (χ3n) is 3.31. The zero-order valence-corrected chi connectivity index (χ0v) is 12.2. The Hall–Kier alpha value is -1.22. The second-order valence-corrected chi connectivity index (χ2v) is 6.04. The fourth-order valence-corrected chi connectivity index (χ4v) is 3.46. The summed E-state index contributed by atoms with van der Waals surface area (Å²) in [5, 5.41) is 16.1. The van der Waals surface area contributed by atoms with Crippen LogP contribution in [0.25, 0.3) is 0 Å². The fraction of sp³-hybridized carbons (Fsp3) is 0.667. The molecule has 1 unspecified atom stereocenters. The van der Waals surface area contributed by atoms with Crippen LogP contribution in [0.3, 0.4) is 0 Å². The molecule has 1 amide bonds. The van der Waals surface area contributed by atoms with Gasteiger partial charge in [0, 0.05) is 18.8 Å². The molecule has 0 saturated carbocycles. The van der Waals surface area contributed by atoms with Gasteiger partial charge in [0.05, 0.1) is 17.4 Å². The van der Waals surface area contributed by atoms with Crippen molar-refractivity contribution in [3.05, 3.63) is 17.5 Å². The number of carbonyl (C=O) groups excluding carboxylic acids is 1. The van der Waals surface area contributed by atoms with E-state index in [1.807, 2.05) is 0 Å². The fourth-order valence-electron chi connectivity index (χ4n) is 2.17. The molecule has 9 heteroatoms. The maximum Gasteiger partial charge on any atom is 0.433 e. The first-order chi connectivity index (χ1) is 9.77. The molecule has 118 valence electrons. The number of amides is 1. The Morgan fingerprint density at radius 3 is 2.86 bits per heavy atom. The van der Waals surface area contributed by atoms with Gasteiger partial charge in [-0.05, 0) is 19.1 Å². The second kappa shape index (κ2) is 5.88. The molecule has 21 heavy (non-hydrogen) atoms. The van der Waals surface area contributed by atoms with Gasteiger partial charge in [-0.25, -0.2) is 0 Å². The van der Waals surface area contributed by atoms with Crippen molar-refractivity contribution in [2.24, 2.45) is 0 Å². The van der Waals surface area contributed by atoms with Gasteiger partial charge in [-0.2, -0.15) is 30.0 Å². The molecule has 0 bridgehead atoms. The van der Waals surface area contributed by atoms with Crippen LogP contribution in [0, 0.1) is 0 Å². The van der Waals surface area contributed by atoms with E-state index in [0.717, 1.165) is 16.6 Å². The first-order valence-electron chi connectivity index (χ1n) is 6.48. The number of nitrogens with one attached hydrogen (secondary N) is 1. The monoisotopic (exact) mass is 323 g/mol. The largest absolute Gasteiger partial charge is 0.433 e. The minimum atomic E-state index is -4.65. The average molecular weight is 323 g/mol. The summed E-state index contributed by atoms with van der Waals surface area (Å²) in [6.07, 6.45) is -3.23. The minimum absolute atomic E-state index is 0.0166. The van der Waals surface area contributed by atoms with Gasteiger partial charge in [-0.1, -0.05) is 0 Å². The molecule has 2 heterocycles. The second-order valence-electron chi connectivity index (χ2n) is 4.93. The van der Waals surface area contributed by atoms with Crippen molar-refractivity contribution in [3.63, 3.8) is 0 Å². The van der Waals surface area contributed by atoms with Crippen molar-refractivity contribution in [1.82, 2.24) is 15.1 Å².